The van der Waals surface area contributed by atoms with Gasteiger partial charge in [-0.1, -0.05) is 52.2 Å². The van der Waals surface area contributed by atoms with E-state index in [1.165, 1.54) is 31.3 Å². The maximum atomic E-state index is 11.3. The van der Waals surface area contributed by atoms with Crippen LogP contribution in [0.5, 0.6) is 0 Å². The van der Waals surface area contributed by atoms with Crippen molar-refractivity contribution in [3.8, 4) is 0 Å². The first-order valence-electron chi connectivity index (χ1n) is 12.9. The zero-order valence-electron chi connectivity index (χ0n) is 20.0. The second kappa shape index (κ2) is 8.48. The number of aliphatic hydroxyl groups excluding tert-OH is 2. The van der Waals surface area contributed by atoms with Crippen LogP contribution in [0.3, 0.4) is 0 Å². The van der Waals surface area contributed by atoms with Crippen molar-refractivity contribution in [2.75, 3.05) is 0 Å². The molecule has 31 heavy (non-hydrogen) atoms. The summed E-state index contributed by atoms with van der Waals surface area (Å²) < 4.78 is 0. The minimum Gasteiger partial charge on any atom is -0.481 e. The average molecular weight is 433 g/mol. The lowest BCUT2D eigenvalue weighted by Crippen LogP contribution is -2.54. The van der Waals surface area contributed by atoms with Gasteiger partial charge in [-0.2, -0.15) is 0 Å². The number of hydrogen-bond acceptors (Lipinski definition) is 3. The number of fused-ring (bicyclic) bond motifs is 5. The van der Waals surface area contributed by atoms with Crippen molar-refractivity contribution in [1.29, 1.82) is 0 Å². The van der Waals surface area contributed by atoms with Crippen molar-refractivity contribution < 1.29 is 20.1 Å². The summed E-state index contributed by atoms with van der Waals surface area (Å²) in [5.41, 5.74) is 1.76. The Labute approximate surface area is 188 Å². The van der Waals surface area contributed by atoms with Gasteiger partial charge in [0.25, 0.3) is 0 Å². The number of hydrogen-bond donors (Lipinski definition) is 3. The van der Waals surface area contributed by atoms with Gasteiger partial charge in [0.15, 0.2) is 0 Å². The molecule has 0 spiro atoms. The number of carboxylic acids is 1. The Balaban J connectivity index is 1.48. The minimum absolute atomic E-state index is 0.154. The van der Waals surface area contributed by atoms with Gasteiger partial charge in [0.05, 0.1) is 18.1 Å². The molecule has 0 aromatic carbocycles. The summed E-state index contributed by atoms with van der Waals surface area (Å²) in [7, 11) is 0. The molecule has 3 N–H and O–H groups in total. The molecule has 10 atom stereocenters. The fraction of sp³-hybridized carbons (Fsp3) is 0.889. The first-order chi connectivity index (χ1) is 14.6. The van der Waals surface area contributed by atoms with Crippen molar-refractivity contribution in [2.24, 2.45) is 46.3 Å². The van der Waals surface area contributed by atoms with Crippen LogP contribution in [-0.2, 0) is 4.79 Å². The average Bonchev–Trinajstić information content (AvgIpc) is 3.06. The van der Waals surface area contributed by atoms with E-state index in [0.717, 1.165) is 38.5 Å². The first-order valence-corrected chi connectivity index (χ1v) is 12.9. The van der Waals surface area contributed by atoms with E-state index in [1.54, 1.807) is 0 Å². The highest BCUT2D eigenvalue weighted by Gasteiger charge is 2.61. The lowest BCUT2D eigenvalue weighted by atomic mass is 9.46. The summed E-state index contributed by atoms with van der Waals surface area (Å²) in [6.07, 6.45) is 12.0. The molecule has 0 radical (unpaired) electrons. The zero-order valence-corrected chi connectivity index (χ0v) is 20.0. The quantitative estimate of drug-likeness (QED) is 0.490. The molecule has 0 aromatic rings. The van der Waals surface area contributed by atoms with Crippen LogP contribution in [0.15, 0.2) is 11.6 Å². The topological polar surface area (TPSA) is 77.8 Å². The van der Waals surface area contributed by atoms with Gasteiger partial charge in [0.1, 0.15) is 0 Å². The van der Waals surface area contributed by atoms with Crippen molar-refractivity contribution in [3.05, 3.63) is 11.6 Å². The summed E-state index contributed by atoms with van der Waals surface area (Å²) in [5.74, 6) is 1.83. The first kappa shape index (κ1) is 23.3. The summed E-state index contributed by atoms with van der Waals surface area (Å²) in [4.78, 5) is 11.1. The van der Waals surface area contributed by atoms with Crippen molar-refractivity contribution in [1.82, 2.24) is 0 Å². The molecule has 4 aliphatic rings. The monoisotopic (exact) mass is 432 g/mol. The maximum Gasteiger partial charge on any atom is 0.306 e. The van der Waals surface area contributed by atoms with Crippen molar-refractivity contribution >= 4 is 5.97 Å². The van der Waals surface area contributed by atoms with Gasteiger partial charge >= 0.3 is 5.97 Å². The van der Waals surface area contributed by atoms with Crippen LogP contribution in [0.1, 0.15) is 91.9 Å². The van der Waals surface area contributed by atoms with Gasteiger partial charge < -0.3 is 15.3 Å². The van der Waals surface area contributed by atoms with E-state index < -0.39 is 5.97 Å². The molecular formula is C27H44O4. The Kier molecular flexibility index (Phi) is 6.37. The standard InChI is InChI=1S/C27H44O4/c1-16(6-5-7-17(2)25(30)31)20-8-9-21-24-22(11-13-27(20,21)4)26(3)12-10-19(28)14-18(26)15-23(24)29/h15-17,19-24,28-29H,5-14H2,1-4H3,(H,30,31)/t16?,17-,19+,20?,21?,22?,23?,24?,26?,27?/m1/s1. The largest absolute Gasteiger partial charge is 0.481 e. The molecule has 0 aromatic heterocycles. The SMILES string of the molecule is CC(CCC[C@@H](C)C(=O)O)C1CCC2C3C(O)C=C4C[C@@H](O)CCC4(C)C3CCC12C. The maximum absolute atomic E-state index is 11.3. The van der Waals surface area contributed by atoms with Crippen molar-refractivity contribution in [2.45, 2.75) is 104 Å². The lowest BCUT2D eigenvalue weighted by molar-refractivity contribution is -0.141. The van der Waals surface area contributed by atoms with E-state index in [4.69, 9.17) is 5.11 Å². The fourth-order valence-corrected chi connectivity index (χ4v) is 8.68. The molecule has 176 valence electrons. The number of aliphatic carboxylic acids is 1. The molecule has 4 heteroatoms. The highest BCUT2D eigenvalue weighted by Crippen LogP contribution is 2.67. The van der Waals surface area contributed by atoms with E-state index in [0.29, 0.717) is 29.6 Å². The summed E-state index contributed by atoms with van der Waals surface area (Å²) in [6.45, 7) is 9.11. The molecule has 3 saturated carbocycles. The summed E-state index contributed by atoms with van der Waals surface area (Å²) >= 11 is 0. The van der Waals surface area contributed by atoms with Gasteiger partial charge in [-0.15, -0.1) is 0 Å². The van der Waals surface area contributed by atoms with E-state index >= 15 is 0 Å². The second-order valence-electron chi connectivity index (χ2n) is 12.2. The van der Waals surface area contributed by atoms with E-state index in [-0.39, 0.29) is 29.0 Å². The van der Waals surface area contributed by atoms with Crippen molar-refractivity contribution in [3.63, 3.8) is 0 Å². The number of carboxylic acid groups (broad SMARTS) is 1. The van der Waals surface area contributed by atoms with Crippen LogP contribution in [-0.4, -0.2) is 33.5 Å². The normalized spacial score (nSPS) is 46.3. The van der Waals surface area contributed by atoms with E-state index in [1.807, 2.05) is 6.92 Å². The molecule has 0 amide bonds. The minimum atomic E-state index is -0.679. The summed E-state index contributed by atoms with van der Waals surface area (Å²) in [5, 5.41) is 30.6. The molecule has 4 aliphatic carbocycles. The molecular weight excluding hydrogens is 388 g/mol. The van der Waals surface area contributed by atoms with Crippen LogP contribution in [0.4, 0.5) is 0 Å². The smallest absolute Gasteiger partial charge is 0.306 e. The third-order valence-electron chi connectivity index (χ3n) is 10.6. The van der Waals surface area contributed by atoms with Crippen LogP contribution >= 0.6 is 0 Å². The third kappa shape index (κ3) is 3.90. The Morgan fingerprint density at radius 3 is 2.52 bits per heavy atom. The lowest BCUT2D eigenvalue weighted by Gasteiger charge is -2.59. The van der Waals surface area contributed by atoms with Crippen LogP contribution in [0, 0.1) is 46.3 Å². The highest BCUT2D eigenvalue weighted by atomic mass is 16.4. The Hall–Kier alpha value is -0.870. The van der Waals surface area contributed by atoms with Crippen LogP contribution in [0.2, 0.25) is 0 Å². The number of carbonyl (C=O) groups is 1. The zero-order chi connectivity index (χ0) is 22.6. The molecule has 4 nitrogen and oxygen atoms in total. The third-order valence-corrected chi connectivity index (χ3v) is 10.6. The highest BCUT2D eigenvalue weighted by molar-refractivity contribution is 5.69. The van der Waals surface area contributed by atoms with Gasteiger partial charge in [0.2, 0.25) is 0 Å². The predicted octanol–water partition coefficient (Wildman–Crippen LogP) is 5.42. The van der Waals surface area contributed by atoms with Gasteiger partial charge in [0, 0.05) is 0 Å². The number of aliphatic hydroxyl groups is 2. The fourth-order valence-electron chi connectivity index (χ4n) is 8.68. The Morgan fingerprint density at radius 1 is 1.06 bits per heavy atom. The Bertz CT molecular complexity index is 716. The molecule has 4 rings (SSSR count). The van der Waals surface area contributed by atoms with E-state index in [9.17, 15) is 15.0 Å². The molecule has 3 fully saturated rings. The molecule has 0 aliphatic heterocycles. The van der Waals surface area contributed by atoms with E-state index in [2.05, 4.69) is 26.8 Å². The summed E-state index contributed by atoms with van der Waals surface area (Å²) in [6, 6.07) is 0. The second-order valence-corrected chi connectivity index (χ2v) is 12.2. The van der Waals surface area contributed by atoms with Crippen LogP contribution in [0.25, 0.3) is 0 Å². The van der Waals surface area contributed by atoms with Gasteiger partial charge in [-0.25, -0.2) is 0 Å². The molecule has 0 heterocycles. The molecule has 8 unspecified atom stereocenters. The predicted molar refractivity (Wildman–Crippen MR) is 122 cm³/mol. The van der Waals surface area contributed by atoms with Gasteiger partial charge in [-0.05, 0) is 91.8 Å². The Morgan fingerprint density at radius 2 is 1.81 bits per heavy atom. The van der Waals surface area contributed by atoms with Gasteiger partial charge in [-0.3, -0.25) is 4.79 Å². The number of rotatable bonds is 6. The van der Waals surface area contributed by atoms with Crippen LogP contribution < -0.4 is 0 Å². The molecule has 0 bridgehead atoms. The molecule has 0 saturated heterocycles.